The third-order valence-electron chi connectivity index (χ3n) is 3.44. The Morgan fingerprint density at radius 2 is 2.00 bits per heavy atom. The van der Waals surface area contributed by atoms with Crippen LogP contribution in [-0.2, 0) is 0 Å². The van der Waals surface area contributed by atoms with Crippen molar-refractivity contribution in [3.8, 4) is 0 Å². The van der Waals surface area contributed by atoms with Crippen LogP contribution in [0.3, 0.4) is 0 Å². The molecular weight excluding hydrogens is 230 g/mol. The molecule has 1 unspecified atom stereocenters. The summed E-state index contributed by atoms with van der Waals surface area (Å²) < 4.78 is 0. The minimum atomic E-state index is 0.353. The molecule has 0 saturated heterocycles. The minimum absolute atomic E-state index is 0.353. The quantitative estimate of drug-likeness (QED) is 0.767. The Bertz CT molecular complexity index is 347. The smallest absolute Gasteiger partial charge is 0.0409 e. The van der Waals surface area contributed by atoms with Gasteiger partial charge in [0.1, 0.15) is 0 Å². The van der Waals surface area contributed by atoms with Gasteiger partial charge in [-0.1, -0.05) is 51.4 Å². The molecule has 0 saturated carbocycles. The zero-order valence-electron chi connectivity index (χ0n) is 11.4. The van der Waals surface area contributed by atoms with Crippen molar-refractivity contribution < 1.29 is 0 Å². The summed E-state index contributed by atoms with van der Waals surface area (Å²) in [6.45, 7) is 10.1. The maximum Gasteiger partial charge on any atom is 0.0409 e. The first-order valence-corrected chi connectivity index (χ1v) is 6.85. The number of hydrogen-bond donors (Lipinski definition) is 1. The summed E-state index contributed by atoms with van der Waals surface area (Å²) in [6, 6.07) is 8.55. The van der Waals surface area contributed by atoms with Crippen molar-refractivity contribution in [2.45, 2.75) is 46.6 Å². The lowest BCUT2D eigenvalue weighted by atomic mass is 9.89. The molecule has 0 aliphatic carbocycles. The first-order chi connectivity index (χ1) is 7.98. The molecule has 0 heterocycles. The molecule has 1 aromatic rings. The molecule has 1 atom stereocenters. The van der Waals surface area contributed by atoms with E-state index in [0.717, 1.165) is 18.0 Å². The van der Waals surface area contributed by atoms with Crippen LogP contribution in [0.25, 0.3) is 0 Å². The van der Waals surface area contributed by atoms with E-state index in [-0.39, 0.29) is 0 Å². The summed E-state index contributed by atoms with van der Waals surface area (Å²) in [5.41, 5.74) is 1.64. The molecule has 0 amide bonds. The van der Waals surface area contributed by atoms with E-state index in [1.807, 2.05) is 12.1 Å². The molecule has 0 aliphatic rings. The second-order valence-electron chi connectivity index (χ2n) is 5.41. The molecule has 0 fully saturated rings. The van der Waals surface area contributed by atoms with Crippen LogP contribution in [0.4, 0.5) is 0 Å². The van der Waals surface area contributed by atoms with Crippen LogP contribution in [0.5, 0.6) is 0 Å². The molecule has 96 valence electrons. The van der Waals surface area contributed by atoms with Crippen LogP contribution in [0, 0.1) is 5.41 Å². The molecule has 17 heavy (non-hydrogen) atoms. The molecule has 1 aromatic carbocycles. The van der Waals surface area contributed by atoms with Crippen LogP contribution in [-0.4, -0.2) is 6.54 Å². The Hall–Kier alpha value is -0.530. The summed E-state index contributed by atoms with van der Waals surface area (Å²) in [6.07, 6.45) is 2.27. The molecule has 0 spiro atoms. The van der Waals surface area contributed by atoms with E-state index >= 15 is 0 Å². The van der Waals surface area contributed by atoms with E-state index in [1.165, 1.54) is 12.0 Å². The van der Waals surface area contributed by atoms with Crippen LogP contribution in [0.15, 0.2) is 24.3 Å². The molecule has 0 aliphatic heterocycles. The largest absolute Gasteiger partial charge is 0.309 e. The maximum atomic E-state index is 6.04. The monoisotopic (exact) mass is 253 g/mol. The maximum absolute atomic E-state index is 6.04. The number of halogens is 1. The molecule has 0 bridgehead atoms. The number of hydrogen-bond acceptors (Lipinski definition) is 1. The average molecular weight is 254 g/mol. The van der Waals surface area contributed by atoms with Gasteiger partial charge in [0.2, 0.25) is 0 Å². The van der Waals surface area contributed by atoms with Gasteiger partial charge in [0.05, 0.1) is 0 Å². The van der Waals surface area contributed by atoms with Crippen molar-refractivity contribution in [2.24, 2.45) is 5.41 Å². The van der Waals surface area contributed by atoms with Crippen molar-refractivity contribution >= 4 is 11.6 Å². The second-order valence-corrected chi connectivity index (χ2v) is 5.85. The van der Waals surface area contributed by atoms with E-state index < -0.39 is 0 Å². The van der Waals surface area contributed by atoms with Crippen molar-refractivity contribution in [1.29, 1.82) is 0 Å². The zero-order valence-corrected chi connectivity index (χ0v) is 12.1. The SMILES string of the molecule is CCC(NCC(C)(C)CC)c1cccc(Cl)c1. The van der Waals surface area contributed by atoms with Gasteiger partial charge in [0.25, 0.3) is 0 Å². The van der Waals surface area contributed by atoms with Gasteiger partial charge in [-0.15, -0.1) is 0 Å². The fourth-order valence-corrected chi connectivity index (χ4v) is 1.94. The predicted molar refractivity (Wildman–Crippen MR) is 76.6 cm³/mol. The van der Waals surface area contributed by atoms with Crippen LogP contribution < -0.4 is 5.32 Å². The number of benzene rings is 1. The van der Waals surface area contributed by atoms with Crippen molar-refractivity contribution in [1.82, 2.24) is 5.32 Å². The van der Waals surface area contributed by atoms with Gasteiger partial charge in [-0.05, 0) is 36.0 Å². The van der Waals surface area contributed by atoms with Crippen LogP contribution in [0.1, 0.15) is 52.1 Å². The van der Waals surface area contributed by atoms with E-state index in [2.05, 4.69) is 45.1 Å². The second kappa shape index (κ2) is 6.42. The normalized spacial score (nSPS) is 13.7. The Morgan fingerprint density at radius 3 is 2.53 bits per heavy atom. The van der Waals surface area contributed by atoms with Gasteiger partial charge >= 0.3 is 0 Å². The van der Waals surface area contributed by atoms with Gasteiger partial charge < -0.3 is 5.32 Å². The standard InChI is InChI=1S/C15H24ClN/c1-5-14(17-11-15(3,4)6-2)12-8-7-9-13(16)10-12/h7-10,14,17H,5-6,11H2,1-4H3. The molecular formula is C15H24ClN. The fraction of sp³-hybridized carbons (Fsp3) is 0.600. The van der Waals surface area contributed by atoms with E-state index in [0.29, 0.717) is 11.5 Å². The summed E-state index contributed by atoms with van der Waals surface area (Å²) in [5.74, 6) is 0. The Balaban J connectivity index is 2.66. The predicted octanol–water partition coefficient (Wildman–Crippen LogP) is 4.82. The molecule has 2 heteroatoms. The van der Waals surface area contributed by atoms with Gasteiger partial charge in [0, 0.05) is 17.6 Å². The highest BCUT2D eigenvalue weighted by molar-refractivity contribution is 6.30. The average Bonchev–Trinajstić information content (AvgIpc) is 2.30. The van der Waals surface area contributed by atoms with Gasteiger partial charge in [-0.25, -0.2) is 0 Å². The Labute approximate surface area is 111 Å². The summed E-state index contributed by atoms with van der Waals surface area (Å²) in [7, 11) is 0. The summed E-state index contributed by atoms with van der Waals surface area (Å²) >= 11 is 6.04. The van der Waals surface area contributed by atoms with Crippen LogP contribution >= 0.6 is 11.6 Å². The lowest BCUT2D eigenvalue weighted by molar-refractivity contribution is 0.307. The third kappa shape index (κ3) is 4.69. The number of nitrogens with one attached hydrogen (secondary N) is 1. The van der Waals surface area contributed by atoms with Gasteiger partial charge in [-0.3, -0.25) is 0 Å². The molecule has 0 radical (unpaired) electrons. The third-order valence-corrected chi connectivity index (χ3v) is 3.68. The highest BCUT2D eigenvalue weighted by Gasteiger charge is 2.17. The fourth-order valence-electron chi connectivity index (χ4n) is 1.75. The molecule has 1 rings (SSSR count). The highest BCUT2D eigenvalue weighted by Crippen LogP contribution is 2.23. The number of rotatable bonds is 6. The molecule has 0 aromatic heterocycles. The van der Waals surface area contributed by atoms with Gasteiger partial charge in [0.15, 0.2) is 0 Å². The molecule has 1 N–H and O–H groups in total. The van der Waals surface area contributed by atoms with E-state index in [4.69, 9.17) is 11.6 Å². The topological polar surface area (TPSA) is 12.0 Å². The zero-order chi connectivity index (χ0) is 12.9. The van der Waals surface area contributed by atoms with Crippen molar-refractivity contribution in [2.75, 3.05) is 6.54 Å². The van der Waals surface area contributed by atoms with Gasteiger partial charge in [-0.2, -0.15) is 0 Å². The lowest BCUT2D eigenvalue weighted by Gasteiger charge is -2.27. The lowest BCUT2D eigenvalue weighted by Crippen LogP contribution is -2.31. The Morgan fingerprint density at radius 1 is 1.29 bits per heavy atom. The summed E-state index contributed by atoms with van der Waals surface area (Å²) in [5, 5.41) is 4.46. The summed E-state index contributed by atoms with van der Waals surface area (Å²) in [4.78, 5) is 0. The first kappa shape index (κ1) is 14.5. The van der Waals surface area contributed by atoms with Crippen molar-refractivity contribution in [3.63, 3.8) is 0 Å². The first-order valence-electron chi connectivity index (χ1n) is 6.47. The van der Waals surface area contributed by atoms with Crippen LogP contribution in [0.2, 0.25) is 5.02 Å². The van der Waals surface area contributed by atoms with E-state index in [1.54, 1.807) is 0 Å². The molecule has 1 nitrogen and oxygen atoms in total. The Kier molecular flexibility index (Phi) is 5.48. The van der Waals surface area contributed by atoms with E-state index in [9.17, 15) is 0 Å². The highest BCUT2D eigenvalue weighted by atomic mass is 35.5. The van der Waals surface area contributed by atoms with Crippen molar-refractivity contribution in [3.05, 3.63) is 34.9 Å². The minimum Gasteiger partial charge on any atom is -0.309 e.